The molecule has 1 saturated heterocycles. The number of carbonyl (C=O) groups excluding carboxylic acids is 1. The minimum absolute atomic E-state index is 0.0670. The highest BCUT2D eigenvalue weighted by molar-refractivity contribution is 5.95. The molecule has 0 atom stereocenters. The van der Waals surface area contributed by atoms with E-state index < -0.39 is 0 Å². The lowest BCUT2D eigenvalue weighted by molar-refractivity contribution is 0.0401. The minimum Gasteiger partial charge on any atom is -0.335 e. The Labute approximate surface area is 100 Å². The maximum Gasteiger partial charge on any atom is 0.253 e. The van der Waals surface area contributed by atoms with Crippen LogP contribution >= 0.6 is 0 Å². The van der Waals surface area contributed by atoms with Gasteiger partial charge in [0.25, 0.3) is 5.91 Å². The zero-order valence-corrected chi connectivity index (χ0v) is 10.2. The SMILES string of the molecule is CCC1(N)CN(C(=O)c2ccc(F)c(C)c2)C1. The first-order valence-corrected chi connectivity index (χ1v) is 5.79. The summed E-state index contributed by atoms with van der Waals surface area (Å²) < 4.78 is 13.1. The number of nitrogens with two attached hydrogens (primary N) is 1. The lowest BCUT2D eigenvalue weighted by Crippen LogP contribution is -2.68. The van der Waals surface area contributed by atoms with E-state index in [9.17, 15) is 9.18 Å². The van der Waals surface area contributed by atoms with E-state index in [1.165, 1.54) is 12.1 Å². The van der Waals surface area contributed by atoms with Crippen LogP contribution in [-0.2, 0) is 0 Å². The molecule has 1 aromatic rings. The monoisotopic (exact) mass is 236 g/mol. The van der Waals surface area contributed by atoms with Crippen LogP contribution in [0.5, 0.6) is 0 Å². The van der Waals surface area contributed by atoms with Crippen LogP contribution in [0.1, 0.15) is 29.3 Å². The van der Waals surface area contributed by atoms with Crippen LogP contribution < -0.4 is 5.73 Å². The first-order chi connectivity index (χ1) is 7.95. The van der Waals surface area contributed by atoms with Gasteiger partial charge in [0, 0.05) is 18.7 Å². The molecule has 0 aliphatic carbocycles. The van der Waals surface area contributed by atoms with E-state index in [-0.39, 0.29) is 17.3 Å². The van der Waals surface area contributed by atoms with Crippen molar-refractivity contribution in [1.29, 1.82) is 0 Å². The molecule has 1 aliphatic rings. The number of amides is 1. The Morgan fingerprint density at radius 2 is 2.18 bits per heavy atom. The van der Waals surface area contributed by atoms with Crippen molar-refractivity contribution in [1.82, 2.24) is 4.90 Å². The molecule has 1 heterocycles. The summed E-state index contributed by atoms with van der Waals surface area (Å²) in [5.74, 6) is -0.352. The molecule has 1 amide bonds. The average molecular weight is 236 g/mol. The number of aryl methyl sites for hydroxylation is 1. The van der Waals surface area contributed by atoms with Crippen molar-refractivity contribution in [2.24, 2.45) is 5.73 Å². The number of likely N-dealkylation sites (tertiary alicyclic amines) is 1. The summed E-state index contributed by atoms with van der Waals surface area (Å²) in [6.45, 7) is 4.84. The number of benzene rings is 1. The van der Waals surface area contributed by atoms with Gasteiger partial charge in [0.1, 0.15) is 5.82 Å². The van der Waals surface area contributed by atoms with Gasteiger partial charge in [0.15, 0.2) is 0 Å². The minimum atomic E-state index is -0.285. The van der Waals surface area contributed by atoms with E-state index in [4.69, 9.17) is 5.73 Å². The van der Waals surface area contributed by atoms with Crippen LogP contribution in [-0.4, -0.2) is 29.4 Å². The van der Waals surface area contributed by atoms with Gasteiger partial charge in [-0.15, -0.1) is 0 Å². The largest absolute Gasteiger partial charge is 0.335 e. The van der Waals surface area contributed by atoms with E-state index in [1.807, 2.05) is 6.92 Å². The average Bonchev–Trinajstić information content (AvgIpc) is 2.27. The highest BCUT2D eigenvalue weighted by Gasteiger charge is 2.40. The van der Waals surface area contributed by atoms with Crippen molar-refractivity contribution in [3.63, 3.8) is 0 Å². The van der Waals surface area contributed by atoms with Gasteiger partial charge in [0.05, 0.1) is 5.54 Å². The van der Waals surface area contributed by atoms with Crippen molar-refractivity contribution in [3.8, 4) is 0 Å². The van der Waals surface area contributed by atoms with Crippen LogP contribution in [0.3, 0.4) is 0 Å². The molecule has 92 valence electrons. The Kier molecular flexibility index (Phi) is 2.91. The number of hydrogen-bond donors (Lipinski definition) is 1. The maximum absolute atomic E-state index is 13.1. The third kappa shape index (κ3) is 2.17. The van der Waals surface area contributed by atoms with Crippen LogP contribution in [0.2, 0.25) is 0 Å². The fourth-order valence-electron chi connectivity index (χ4n) is 2.04. The summed E-state index contributed by atoms with van der Waals surface area (Å²) in [6, 6.07) is 4.44. The van der Waals surface area contributed by atoms with Crippen LogP contribution in [0.25, 0.3) is 0 Å². The van der Waals surface area contributed by atoms with Gasteiger partial charge in [-0.25, -0.2) is 4.39 Å². The quantitative estimate of drug-likeness (QED) is 0.849. The van der Waals surface area contributed by atoms with Gasteiger partial charge in [-0.05, 0) is 37.1 Å². The Hall–Kier alpha value is -1.42. The molecule has 0 bridgehead atoms. The van der Waals surface area contributed by atoms with Crippen molar-refractivity contribution >= 4 is 5.91 Å². The molecule has 1 aromatic carbocycles. The van der Waals surface area contributed by atoms with E-state index in [0.717, 1.165) is 6.42 Å². The van der Waals surface area contributed by atoms with Gasteiger partial charge >= 0.3 is 0 Å². The Bertz CT molecular complexity index is 453. The molecule has 1 aliphatic heterocycles. The third-order valence-corrected chi connectivity index (χ3v) is 3.41. The topological polar surface area (TPSA) is 46.3 Å². The fraction of sp³-hybridized carbons (Fsp3) is 0.462. The second-order valence-electron chi connectivity index (χ2n) is 4.84. The molecule has 0 saturated carbocycles. The van der Waals surface area contributed by atoms with Crippen molar-refractivity contribution in [2.75, 3.05) is 13.1 Å². The molecular weight excluding hydrogens is 219 g/mol. The lowest BCUT2D eigenvalue weighted by atomic mass is 9.87. The number of hydrogen-bond acceptors (Lipinski definition) is 2. The van der Waals surface area contributed by atoms with Gasteiger partial charge in [-0.1, -0.05) is 6.92 Å². The molecule has 2 N–H and O–H groups in total. The molecule has 1 fully saturated rings. The summed E-state index contributed by atoms with van der Waals surface area (Å²) in [6.07, 6.45) is 0.860. The summed E-state index contributed by atoms with van der Waals surface area (Å²) in [5.41, 5.74) is 6.80. The predicted octanol–water partition coefficient (Wildman–Crippen LogP) is 1.70. The molecule has 17 heavy (non-hydrogen) atoms. The standard InChI is InChI=1S/C13H17FN2O/c1-3-13(15)7-16(8-13)12(17)10-4-5-11(14)9(2)6-10/h4-6H,3,7-8,15H2,1-2H3. The zero-order valence-electron chi connectivity index (χ0n) is 10.2. The van der Waals surface area contributed by atoms with Gasteiger partial charge in [0.2, 0.25) is 0 Å². The molecular formula is C13H17FN2O. The third-order valence-electron chi connectivity index (χ3n) is 3.41. The summed E-state index contributed by atoms with van der Waals surface area (Å²) in [4.78, 5) is 13.7. The number of carbonyl (C=O) groups is 1. The van der Waals surface area contributed by atoms with E-state index in [1.54, 1.807) is 17.9 Å². The fourth-order valence-corrected chi connectivity index (χ4v) is 2.04. The first-order valence-electron chi connectivity index (χ1n) is 5.79. The van der Waals surface area contributed by atoms with Crippen molar-refractivity contribution in [3.05, 3.63) is 35.1 Å². The predicted molar refractivity (Wildman–Crippen MR) is 64.2 cm³/mol. The zero-order chi connectivity index (χ0) is 12.6. The van der Waals surface area contributed by atoms with E-state index >= 15 is 0 Å². The van der Waals surface area contributed by atoms with Crippen molar-refractivity contribution in [2.45, 2.75) is 25.8 Å². The van der Waals surface area contributed by atoms with Crippen LogP contribution in [0.15, 0.2) is 18.2 Å². The van der Waals surface area contributed by atoms with E-state index in [0.29, 0.717) is 24.2 Å². The molecule has 0 radical (unpaired) electrons. The number of nitrogens with zero attached hydrogens (tertiary/aromatic N) is 1. The summed E-state index contributed by atoms with van der Waals surface area (Å²) in [5, 5.41) is 0. The molecule has 3 nitrogen and oxygen atoms in total. The molecule has 4 heteroatoms. The normalized spacial score (nSPS) is 17.8. The van der Waals surface area contributed by atoms with Gasteiger partial charge < -0.3 is 10.6 Å². The molecule has 2 rings (SSSR count). The van der Waals surface area contributed by atoms with Gasteiger partial charge in [-0.2, -0.15) is 0 Å². The Morgan fingerprint density at radius 1 is 1.53 bits per heavy atom. The Balaban J connectivity index is 2.09. The molecule has 0 unspecified atom stereocenters. The van der Waals surface area contributed by atoms with Crippen molar-refractivity contribution < 1.29 is 9.18 Å². The number of halogens is 1. The molecule has 0 aromatic heterocycles. The lowest BCUT2D eigenvalue weighted by Gasteiger charge is -2.47. The second-order valence-corrected chi connectivity index (χ2v) is 4.84. The Morgan fingerprint density at radius 3 is 2.71 bits per heavy atom. The second kappa shape index (κ2) is 4.11. The van der Waals surface area contributed by atoms with Crippen LogP contribution in [0, 0.1) is 12.7 Å². The summed E-state index contributed by atoms with van der Waals surface area (Å²) in [7, 11) is 0. The smallest absolute Gasteiger partial charge is 0.253 e. The van der Waals surface area contributed by atoms with E-state index in [2.05, 4.69) is 0 Å². The van der Waals surface area contributed by atoms with Gasteiger partial charge in [-0.3, -0.25) is 4.79 Å². The summed E-state index contributed by atoms with van der Waals surface area (Å²) >= 11 is 0. The first kappa shape index (κ1) is 12.0. The van der Waals surface area contributed by atoms with Crippen LogP contribution in [0.4, 0.5) is 4.39 Å². The number of rotatable bonds is 2. The highest BCUT2D eigenvalue weighted by atomic mass is 19.1. The maximum atomic E-state index is 13.1. The highest BCUT2D eigenvalue weighted by Crippen LogP contribution is 2.24. The molecule has 0 spiro atoms.